The molecule has 0 aliphatic heterocycles. The minimum atomic E-state index is -0.780. The van der Waals surface area contributed by atoms with Gasteiger partial charge in [0.2, 0.25) is 0 Å². The van der Waals surface area contributed by atoms with E-state index in [1.807, 2.05) is 6.07 Å². The number of aliphatic hydroxyl groups excluding tert-OH is 2. The van der Waals surface area contributed by atoms with Crippen LogP contribution in [-0.2, 0) is 27.3 Å². The smallest absolute Gasteiger partial charge is 0.167 e. The van der Waals surface area contributed by atoms with E-state index in [0.717, 1.165) is 18.4 Å². The molecular formula is C30H45NO7. The highest BCUT2D eigenvalue weighted by Gasteiger charge is 2.36. The molecule has 0 aromatic heterocycles. The summed E-state index contributed by atoms with van der Waals surface area (Å²) in [5.41, 5.74) is 3.28. The van der Waals surface area contributed by atoms with Crippen LogP contribution in [-0.4, -0.2) is 58.7 Å². The molecule has 2 rings (SSSR count). The van der Waals surface area contributed by atoms with E-state index in [2.05, 4.69) is 25.9 Å². The number of benzene rings is 1. The number of ketones is 3. The third-order valence-electron chi connectivity index (χ3n) is 7.46. The normalized spacial score (nSPS) is 17.6. The zero-order valence-electron chi connectivity index (χ0n) is 23.8. The lowest BCUT2D eigenvalue weighted by Gasteiger charge is -2.32. The molecule has 0 bridgehead atoms. The fourth-order valence-electron chi connectivity index (χ4n) is 5.65. The number of carbonyl (C=O) groups excluding carboxylic acids is 3. The van der Waals surface area contributed by atoms with Crippen molar-refractivity contribution in [2.45, 2.75) is 86.0 Å². The van der Waals surface area contributed by atoms with Crippen LogP contribution in [0.2, 0.25) is 0 Å². The average molecular weight is 532 g/mol. The Bertz CT molecular complexity index is 1040. The van der Waals surface area contributed by atoms with Crippen LogP contribution in [0, 0.1) is 23.2 Å². The predicted octanol–water partition coefficient (Wildman–Crippen LogP) is 4.42. The van der Waals surface area contributed by atoms with Crippen molar-refractivity contribution < 1.29 is 34.5 Å². The first-order valence-electron chi connectivity index (χ1n) is 13.6. The summed E-state index contributed by atoms with van der Waals surface area (Å²) in [5.74, 6) is -2.08. The summed E-state index contributed by atoms with van der Waals surface area (Å²) in [5, 5.41) is 34.9. The van der Waals surface area contributed by atoms with Crippen molar-refractivity contribution in [1.82, 2.24) is 0 Å². The van der Waals surface area contributed by atoms with Gasteiger partial charge in [-0.25, -0.2) is 0 Å². The van der Waals surface area contributed by atoms with Crippen LogP contribution in [0.25, 0.3) is 0 Å². The van der Waals surface area contributed by atoms with Gasteiger partial charge >= 0.3 is 0 Å². The van der Waals surface area contributed by atoms with E-state index in [1.54, 1.807) is 6.92 Å². The average Bonchev–Trinajstić information content (AvgIpc) is 2.79. The zero-order valence-corrected chi connectivity index (χ0v) is 23.8. The molecule has 38 heavy (non-hydrogen) atoms. The van der Waals surface area contributed by atoms with Gasteiger partial charge in [-0.15, -0.1) is 0 Å². The first kappa shape index (κ1) is 31.6. The molecule has 0 spiro atoms. The van der Waals surface area contributed by atoms with Crippen molar-refractivity contribution in [2.75, 3.05) is 20.3 Å². The molecule has 0 heterocycles. The van der Waals surface area contributed by atoms with Gasteiger partial charge in [0.05, 0.1) is 24.3 Å². The third kappa shape index (κ3) is 8.46. The highest BCUT2D eigenvalue weighted by atomic mass is 16.6. The highest BCUT2D eigenvalue weighted by Crippen LogP contribution is 2.41. The van der Waals surface area contributed by atoms with Gasteiger partial charge in [-0.3, -0.25) is 14.4 Å². The summed E-state index contributed by atoms with van der Waals surface area (Å²) in [7, 11) is 1.46. The molecule has 212 valence electrons. The number of phenols is 1. The molecule has 1 aliphatic rings. The van der Waals surface area contributed by atoms with Gasteiger partial charge in [-0.2, -0.15) is 0 Å². The van der Waals surface area contributed by atoms with Crippen LogP contribution in [0.4, 0.5) is 0 Å². The first-order chi connectivity index (χ1) is 17.8. The van der Waals surface area contributed by atoms with Crippen molar-refractivity contribution >= 4 is 23.1 Å². The van der Waals surface area contributed by atoms with Crippen molar-refractivity contribution in [2.24, 2.45) is 28.3 Å². The van der Waals surface area contributed by atoms with Gasteiger partial charge in [-0.05, 0) is 86.8 Å². The van der Waals surface area contributed by atoms with Gasteiger partial charge < -0.3 is 20.2 Å². The molecule has 8 heteroatoms. The van der Waals surface area contributed by atoms with E-state index in [4.69, 9.17) is 4.84 Å². The van der Waals surface area contributed by atoms with Crippen LogP contribution in [0.5, 0.6) is 5.75 Å². The number of carbonyl (C=O) groups is 3. The number of nitrogens with zero attached hydrogens (tertiary/aromatic N) is 1. The van der Waals surface area contributed by atoms with Crippen LogP contribution in [0.15, 0.2) is 11.2 Å². The Hall–Kier alpha value is -2.58. The number of fused-ring (bicyclic) bond motifs is 1. The number of Topliss-reactive ketones (excluding diaryl/α,β-unsaturated/α-hetero) is 3. The van der Waals surface area contributed by atoms with E-state index in [1.165, 1.54) is 14.0 Å². The molecule has 3 N–H and O–H groups in total. The Morgan fingerprint density at radius 2 is 1.87 bits per heavy atom. The maximum absolute atomic E-state index is 13.5. The van der Waals surface area contributed by atoms with Crippen molar-refractivity contribution in [3.63, 3.8) is 0 Å². The Kier molecular flexibility index (Phi) is 11.6. The summed E-state index contributed by atoms with van der Waals surface area (Å²) < 4.78 is 0. The molecule has 3 unspecified atom stereocenters. The van der Waals surface area contributed by atoms with E-state index in [-0.39, 0.29) is 66.2 Å². The van der Waals surface area contributed by atoms with E-state index >= 15 is 0 Å². The molecule has 3 atom stereocenters. The van der Waals surface area contributed by atoms with Gasteiger partial charge in [0.1, 0.15) is 24.4 Å². The number of oxime groups is 1. The minimum Gasteiger partial charge on any atom is -0.507 e. The summed E-state index contributed by atoms with van der Waals surface area (Å²) in [6.07, 6.45) is 3.58. The molecule has 8 nitrogen and oxygen atoms in total. The number of hydrogen-bond donors (Lipinski definition) is 3. The van der Waals surface area contributed by atoms with E-state index in [9.17, 15) is 29.7 Å². The Morgan fingerprint density at radius 3 is 2.42 bits per heavy atom. The Balaban J connectivity index is 2.43. The van der Waals surface area contributed by atoms with Gasteiger partial charge in [0, 0.05) is 24.5 Å². The molecule has 0 saturated heterocycles. The van der Waals surface area contributed by atoms with Gasteiger partial charge in [0.25, 0.3) is 0 Å². The second kappa shape index (κ2) is 14.0. The van der Waals surface area contributed by atoms with Crippen molar-refractivity contribution in [1.29, 1.82) is 0 Å². The monoisotopic (exact) mass is 531 g/mol. The predicted molar refractivity (Wildman–Crippen MR) is 147 cm³/mol. The summed E-state index contributed by atoms with van der Waals surface area (Å²) in [6, 6.07) is 1.91. The minimum absolute atomic E-state index is 0.0307. The van der Waals surface area contributed by atoms with Crippen LogP contribution >= 0.6 is 0 Å². The summed E-state index contributed by atoms with van der Waals surface area (Å²) in [4.78, 5) is 42.6. The number of rotatable bonds is 14. The zero-order chi connectivity index (χ0) is 28.6. The lowest BCUT2D eigenvalue weighted by molar-refractivity contribution is -0.131. The third-order valence-corrected chi connectivity index (χ3v) is 7.46. The van der Waals surface area contributed by atoms with Gasteiger partial charge in [-0.1, -0.05) is 25.9 Å². The SMILES string of the molecule is CO/N=C(\C)c1cc(CCCC(C)(C)C)c(O)c2c1CC(CC(CCO)C(CO)C(=O)CC(C)=O)CC2=O. The molecule has 1 aromatic rings. The molecule has 1 aromatic carbocycles. The van der Waals surface area contributed by atoms with Crippen molar-refractivity contribution in [3.05, 3.63) is 28.3 Å². The molecule has 0 radical (unpaired) electrons. The molecule has 0 amide bonds. The number of aliphatic hydroxyl groups is 2. The fourth-order valence-corrected chi connectivity index (χ4v) is 5.65. The molecule has 0 fully saturated rings. The maximum Gasteiger partial charge on any atom is 0.167 e. The molecular weight excluding hydrogens is 486 g/mol. The second-order valence-corrected chi connectivity index (χ2v) is 11.9. The second-order valence-electron chi connectivity index (χ2n) is 11.9. The standard InChI is InChI=1S/C30H45NO7/c1-18(34)12-26(35)25(17-33)21(9-11-32)13-20-14-24-23(19(2)31-38-6)16-22(8-7-10-30(3,4)5)29(37)28(24)27(36)15-20/h16,20-21,25,32-33,37H,7-15,17H2,1-6H3/b31-19+. The first-order valence-corrected chi connectivity index (χ1v) is 13.6. The largest absolute Gasteiger partial charge is 0.507 e. The van der Waals surface area contributed by atoms with Crippen molar-refractivity contribution in [3.8, 4) is 5.75 Å². The number of aromatic hydroxyl groups is 1. The molecule has 1 aliphatic carbocycles. The highest BCUT2D eigenvalue weighted by molar-refractivity contribution is 6.07. The summed E-state index contributed by atoms with van der Waals surface area (Å²) >= 11 is 0. The van der Waals surface area contributed by atoms with Gasteiger partial charge in [0.15, 0.2) is 5.78 Å². The fraction of sp³-hybridized carbons (Fsp3) is 0.667. The topological polar surface area (TPSA) is 133 Å². The van der Waals surface area contributed by atoms with Crippen LogP contribution in [0.1, 0.15) is 100 Å². The van der Waals surface area contributed by atoms with E-state index < -0.39 is 12.5 Å². The van der Waals surface area contributed by atoms with Crippen LogP contribution < -0.4 is 0 Å². The van der Waals surface area contributed by atoms with Crippen LogP contribution in [0.3, 0.4) is 0 Å². The lowest BCUT2D eigenvalue weighted by Crippen LogP contribution is -2.33. The number of hydrogen-bond acceptors (Lipinski definition) is 8. The Labute approximate surface area is 226 Å². The number of aryl methyl sites for hydroxylation is 1. The van der Waals surface area contributed by atoms with E-state index in [0.29, 0.717) is 41.7 Å². The lowest BCUT2D eigenvalue weighted by atomic mass is 9.72. The quantitative estimate of drug-likeness (QED) is 0.184. The summed E-state index contributed by atoms with van der Waals surface area (Å²) in [6.45, 7) is 9.06. The Morgan fingerprint density at radius 1 is 1.18 bits per heavy atom. The maximum atomic E-state index is 13.5. The number of phenolic OH excluding ortho intramolecular Hbond substituents is 1. The molecule has 0 saturated carbocycles.